The lowest BCUT2D eigenvalue weighted by atomic mass is 10.1. The minimum absolute atomic E-state index is 0.621. The second-order valence-electron chi connectivity index (χ2n) is 4.58. The van der Waals surface area contributed by atoms with Crippen LogP contribution in [-0.4, -0.2) is 10.2 Å². The molecule has 1 aromatic heterocycles. The van der Waals surface area contributed by atoms with Crippen molar-refractivity contribution in [3.05, 3.63) is 39.3 Å². The van der Waals surface area contributed by atoms with Gasteiger partial charge in [0.15, 0.2) is 0 Å². The van der Waals surface area contributed by atoms with Gasteiger partial charge in [-0.15, -0.1) is 10.2 Å². The van der Waals surface area contributed by atoms with Crippen LogP contribution in [0.1, 0.15) is 24.4 Å². The Morgan fingerprint density at radius 3 is 2.89 bits per heavy atom. The number of rotatable bonds is 5. The van der Waals surface area contributed by atoms with Crippen molar-refractivity contribution in [1.82, 2.24) is 10.2 Å². The Bertz CT molecular complexity index is 510. The van der Waals surface area contributed by atoms with Crippen molar-refractivity contribution in [2.75, 3.05) is 5.32 Å². The molecular formula is C13H16BrN3S. The van der Waals surface area contributed by atoms with E-state index >= 15 is 0 Å². The summed E-state index contributed by atoms with van der Waals surface area (Å²) in [5, 5.41) is 13.6. The lowest BCUT2D eigenvalue weighted by molar-refractivity contribution is 0.640. The lowest BCUT2D eigenvalue weighted by Crippen LogP contribution is -1.98. The minimum Gasteiger partial charge on any atom is -0.356 e. The average Bonchev–Trinajstić information content (AvgIpc) is 2.73. The fourth-order valence-electron chi connectivity index (χ4n) is 1.58. The molecular weight excluding hydrogens is 310 g/mol. The maximum atomic E-state index is 4.18. The topological polar surface area (TPSA) is 37.8 Å². The summed E-state index contributed by atoms with van der Waals surface area (Å²) in [6.07, 6.45) is 0.996. The summed E-state index contributed by atoms with van der Waals surface area (Å²) in [5.41, 5.74) is 1.23. The van der Waals surface area contributed by atoms with Gasteiger partial charge in [0.1, 0.15) is 5.01 Å². The first kappa shape index (κ1) is 13.5. The van der Waals surface area contributed by atoms with Crippen molar-refractivity contribution < 1.29 is 0 Å². The van der Waals surface area contributed by atoms with Crippen molar-refractivity contribution >= 4 is 32.4 Å². The second-order valence-corrected chi connectivity index (χ2v) is 6.56. The molecule has 0 amide bonds. The highest BCUT2D eigenvalue weighted by atomic mass is 79.9. The first-order valence-corrected chi connectivity index (χ1v) is 7.55. The molecule has 3 nitrogen and oxygen atoms in total. The number of aromatic nitrogens is 2. The van der Waals surface area contributed by atoms with E-state index in [9.17, 15) is 0 Å². The number of hydrogen-bond donors (Lipinski definition) is 1. The van der Waals surface area contributed by atoms with E-state index in [-0.39, 0.29) is 0 Å². The summed E-state index contributed by atoms with van der Waals surface area (Å²) in [6.45, 7) is 5.15. The van der Waals surface area contributed by atoms with Gasteiger partial charge in [0.25, 0.3) is 0 Å². The molecule has 1 aromatic carbocycles. The maximum absolute atomic E-state index is 4.18. The van der Waals surface area contributed by atoms with Crippen LogP contribution in [0, 0.1) is 5.92 Å². The van der Waals surface area contributed by atoms with Gasteiger partial charge < -0.3 is 5.32 Å². The Balaban J connectivity index is 1.92. The molecule has 0 aliphatic heterocycles. The van der Waals surface area contributed by atoms with Gasteiger partial charge >= 0.3 is 0 Å². The Hall–Kier alpha value is -0.940. The van der Waals surface area contributed by atoms with Crippen LogP contribution in [0.3, 0.4) is 0 Å². The maximum Gasteiger partial charge on any atom is 0.205 e. The highest BCUT2D eigenvalue weighted by Crippen LogP contribution is 2.19. The molecule has 2 rings (SSSR count). The molecule has 1 N–H and O–H groups in total. The first-order valence-electron chi connectivity index (χ1n) is 5.94. The highest BCUT2D eigenvalue weighted by Gasteiger charge is 2.05. The van der Waals surface area contributed by atoms with Crippen LogP contribution in [0.25, 0.3) is 0 Å². The van der Waals surface area contributed by atoms with Crippen LogP contribution < -0.4 is 5.32 Å². The van der Waals surface area contributed by atoms with E-state index in [0.717, 1.165) is 27.6 Å². The minimum atomic E-state index is 0.621. The number of halogens is 1. The van der Waals surface area contributed by atoms with Gasteiger partial charge in [-0.3, -0.25) is 0 Å². The zero-order chi connectivity index (χ0) is 13.0. The van der Waals surface area contributed by atoms with Gasteiger partial charge in [0.2, 0.25) is 5.13 Å². The summed E-state index contributed by atoms with van der Waals surface area (Å²) in [7, 11) is 0. The normalized spacial score (nSPS) is 10.9. The van der Waals surface area contributed by atoms with Crippen molar-refractivity contribution in [3.63, 3.8) is 0 Å². The molecule has 0 bridgehead atoms. The van der Waals surface area contributed by atoms with E-state index in [4.69, 9.17) is 0 Å². The summed E-state index contributed by atoms with van der Waals surface area (Å²) >= 11 is 5.11. The first-order chi connectivity index (χ1) is 8.63. The molecule has 0 spiro atoms. The number of hydrogen-bond acceptors (Lipinski definition) is 4. The molecule has 2 aromatic rings. The van der Waals surface area contributed by atoms with E-state index in [1.54, 1.807) is 11.3 Å². The third-order valence-electron chi connectivity index (χ3n) is 2.38. The molecule has 0 atom stereocenters. The van der Waals surface area contributed by atoms with Crippen LogP contribution in [0.15, 0.2) is 28.7 Å². The largest absolute Gasteiger partial charge is 0.356 e. The van der Waals surface area contributed by atoms with Gasteiger partial charge in [0.05, 0.1) is 0 Å². The number of nitrogens with one attached hydrogen (secondary N) is 1. The van der Waals surface area contributed by atoms with E-state index in [2.05, 4.69) is 57.4 Å². The van der Waals surface area contributed by atoms with Crippen molar-refractivity contribution in [2.45, 2.75) is 26.8 Å². The third kappa shape index (κ3) is 4.07. The Morgan fingerprint density at radius 1 is 1.33 bits per heavy atom. The monoisotopic (exact) mass is 325 g/mol. The lowest BCUT2D eigenvalue weighted by Gasteiger charge is -2.02. The fourth-order valence-corrected chi connectivity index (χ4v) is 2.98. The molecule has 18 heavy (non-hydrogen) atoms. The number of benzene rings is 1. The van der Waals surface area contributed by atoms with Gasteiger partial charge in [0, 0.05) is 17.4 Å². The van der Waals surface area contributed by atoms with Crippen molar-refractivity contribution in [3.8, 4) is 0 Å². The molecule has 0 fully saturated rings. The SMILES string of the molecule is CC(C)Cc1nnc(NCc2cccc(Br)c2)s1. The zero-order valence-corrected chi connectivity index (χ0v) is 12.9. The van der Waals surface area contributed by atoms with E-state index < -0.39 is 0 Å². The summed E-state index contributed by atoms with van der Waals surface area (Å²) in [4.78, 5) is 0. The molecule has 5 heteroatoms. The van der Waals surface area contributed by atoms with Gasteiger partial charge in [-0.1, -0.05) is 53.2 Å². The number of nitrogens with zero attached hydrogens (tertiary/aromatic N) is 2. The van der Waals surface area contributed by atoms with Gasteiger partial charge in [-0.25, -0.2) is 0 Å². The zero-order valence-electron chi connectivity index (χ0n) is 10.5. The highest BCUT2D eigenvalue weighted by molar-refractivity contribution is 9.10. The van der Waals surface area contributed by atoms with E-state index in [0.29, 0.717) is 5.92 Å². The van der Waals surface area contributed by atoms with Gasteiger partial charge in [-0.2, -0.15) is 0 Å². The standard InChI is InChI=1S/C13H16BrN3S/c1-9(2)6-12-16-17-13(18-12)15-8-10-4-3-5-11(14)7-10/h3-5,7,9H,6,8H2,1-2H3,(H,15,17). The smallest absolute Gasteiger partial charge is 0.205 e. The van der Waals surface area contributed by atoms with Crippen molar-refractivity contribution in [1.29, 1.82) is 0 Å². The molecule has 0 saturated carbocycles. The van der Waals surface area contributed by atoms with E-state index in [1.165, 1.54) is 5.56 Å². The predicted molar refractivity (Wildman–Crippen MR) is 79.9 cm³/mol. The fraction of sp³-hybridized carbons (Fsp3) is 0.385. The van der Waals surface area contributed by atoms with Crippen LogP contribution in [0.5, 0.6) is 0 Å². The molecule has 0 unspecified atom stereocenters. The van der Waals surface area contributed by atoms with Gasteiger partial charge in [-0.05, 0) is 23.6 Å². The molecule has 0 saturated heterocycles. The predicted octanol–water partition coefficient (Wildman–Crippen LogP) is 4.11. The quantitative estimate of drug-likeness (QED) is 0.898. The number of anilines is 1. The Kier molecular flexibility index (Phi) is 4.72. The molecule has 0 aliphatic rings. The third-order valence-corrected chi connectivity index (χ3v) is 3.78. The van der Waals surface area contributed by atoms with Crippen LogP contribution >= 0.6 is 27.3 Å². The molecule has 1 heterocycles. The summed E-state index contributed by atoms with van der Waals surface area (Å²) < 4.78 is 1.10. The Morgan fingerprint density at radius 2 is 2.17 bits per heavy atom. The average molecular weight is 326 g/mol. The van der Waals surface area contributed by atoms with Crippen LogP contribution in [0.2, 0.25) is 0 Å². The van der Waals surface area contributed by atoms with Crippen LogP contribution in [-0.2, 0) is 13.0 Å². The summed E-state index contributed by atoms with van der Waals surface area (Å²) in [5.74, 6) is 0.621. The molecule has 0 aliphatic carbocycles. The Labute approximate surface area is 120 Å². The van der Waals surface area contributed by atoms with Crippen LogP contribution in [0.4, 0.5) is 5.13 Å². The second kappa shape index (κ2) is 6.29. The van der Waals surface area contributed by atoms with Crippen molar-refractivity contribution in [2.24, 2.45) is 5.92 Å². The summed E-state index contributed by atoms with van der Waals surface area (Å²) in [6, 6.07) is 8.25. The molecule has 96 valence electrons. The molecule has 0 radical (unpaired) electrons. The van der Waals surface area contributed by atoms with E-state index in [1.807, 2.05) is 12.1 Å².